The summed E-state index contributed by atoms with van der Waals surface area (Å²) in [6, 6.07) is 17.7. The van der Waals surface area contributed by atoms with Gasteiger partial charge in [0.15, 0.2) is 0 Å². The van der Waals surface area contributed by atoms with Crippen LogP contribution < -0.4 is 10.0 Å². The van der Waals surface area contributed by atoms with Crippen molar-refractivity contribution in [2.24, 2.45) is 0 Å². The van der Waals surface area contributed by atoms with Crippen molar-refractivity contribution < 1.29 is 8.42 Å². The molecule has 2 N–H and O–H groups in total. The first-order valence-corrected chi connectivity index (χ1v) is 12.5. The zero-order valence-corrected chi connectivity index (χ0v) is 20.5. The van der Waals surface area contributed by atoms with Gasteiger partial charge in [0.05, 0.1) is 22.3 Å². The Labute approximate surface area is 195 Å². The minimum atomic E-state index is -3.63. The van der Waals surface area contributed by atoms with E-state index in [0.717, 1.165) is 39.0 Å². The molecule has 1 aromatic heterocycles. The number of hydrogen-bond donors (Lipinski definition) is 2. The van der Waals surface area contributed by atoms with Crippen LogP contribution in [-0.2, 0) is 10.0 Å². The summed E-state index contributed by atoms with van der Waals surface area (Å²) in [6.07, 6.45) is 1.84. The second kappa shape index (κ2) is 9.00. The summed E-state index contributed by atoms with van der Waals surface area (Å²) >= 11 is 0. The van der Waals surface area contributed by atoms with Crippen LogP contribution in [0.25, 0.3) is 16.6 Å². The van der Waals surface area contributed by atoms with E-state index in [1.165, 1.54) is 5.56 Å². The van der Waals surface area contributed by atoms with Gasteiger partial charge in [-0.05, 0) is 70.0 Å². The molecule has 0 fully saturated rings. The van der Waals surface area contributed by atoms with E-state index in [9.17, 15) is 8.42 Å². The Balaban J connectivity index is 1.51. The highest BCUT2D eigenvalue weighted by Crippen LogP contribution is 2.26. The molecule has 1 heterocycles. The fourth-order valence-electron chi connectivity index (χ4n) is 4.32. The molecule has 4 aromatic rings. The lowest BCUT2D eigenvalue weighted by atomic mass is 10.1. The number of nitrogens with one attached hydrogen (secondary N) is 2. The molecule has 3 aromatic carbocycles. The first-order valence-electron chi connectivity index (χ1n) is 11.0. The summed E-state index contributed by atoms with van der Waals surface area (Å²) in [5.41, 5.74) is 6.67. The standard InChI is InChI=1S/C26H30N4O2S/c1-17-9-11-22(12-10-17)30-25-8-6-7-24(23(25)16-28-30)27-15-21(5)29-33(31,32)26-19(3)13-18(2)14-20(26)4/h6-14,16,21,27,29H,15H2,1-5H3/t21-/m0/s1. The molecule has 0 saturated carbocycles. The molecule has 0 amide bonds. The lowest BCUT2D eigenvalue weighted by Crippen LogP contribution is -2.38. The Hall–Kier alpha value is -3.16. The molecule has 4 rings (SSSR count). The van der Waals surface area contributed by atoms with Crippen molar-refractivity contribution in [1.29, 1.82) is 0 Å². The number of rotatable bonds is 7. The number of anilines is 1. The first-order chi connectivity index (χ1) is 15.7. The van der Waals surface area contributed by atoms with Crippen LogP contribution in [0.1, 0.15) is 29.2 Å². The van der Waals surface area contributed by atoms with Crippen LogP contribution >= 0.6 is 0 Å². The van der Waals surface area contributed by atoms with Crippen molar-refractivity contribution in [3.63, 3.8) is 0 Å². The fourth-order valence-corrected chi connectivity index (χ4v) is 6.01. The predicted octanol–water partition coefficient (Wildman–Crippen LogP) is 5.04. The topological polar surface area (TPSA) is 76.0 Å². The van der Waals surface area contributed by atoms with Crippen molar-refractivity contribution in [3.8, 4) is 5.69 Å². The second-order valence-electron chi connectivity index (χ2n) is 8.76. The third-order valence-corrected chi connectivity index (χ3v) is 7.61. The van der Waals surface area contributed by atoms with Crippen LogP contribution in [0.15, 0.2) is 65.7 Å². The lowest BCUT2D eigenvalue weighted by Gasteiger charge is -2.18. The summed E-state index contributed by atoms with van der Waals surface area (Å²) < 4.78 is 30.8. The van der Waals surface area contributed by atoms with Gasteiger partial charge in [-0.25, -0.2) is 17.8 Å². The van der Waals surface area contributed by atoms with Gasteiger partial charge in [-0.3, -0.25) is 0 Å². The third-order valence-electron chi connectivity index (χ3n) is 5.72. The van der Waals surface area contributed by atoms with Crippen LogP contribution in [0.5, 0.6) is 0 Å². The molecule has 1 atom stereocenters. The summed E-state index contributed by atoms with van der Waals surface area (Å²) in [7, 11) is -3.63. The van der Waals surface area contributed by atoms with Crippen LogP contribution in [0.4, 0.5) is 5.69 Å². The molecule has 33 heavy (non-hydrogen) atoms. The molecule has 0 aliphatic rings. The smallest absolute Gasteiger partial charge is 0.241 e. The molecule has 0 aliphatic heterocycles. The van der Waals surface area contributed by atoms with Crippen LogP contribution in [0.2, 0.25) is 0 Å². The number of aryl methyl sites for hydroxylation is 4. The quantitative estimate of drug-likeness (QED) is 0.404. The normalized spacial score (nSPS) is 12.8. The van der Waals surface area contributed by atoms with E-state index in [4.69, 9.17) is 0 Å². The van der Waals surface area contributed by atoms with Gasteiger partial charge < -0.3 is 5.32 Å². The molecule has 0 unspecified atom stereocenters. The van der Waals surface area contributed by atoms with E-state index in [-0.39, 0.29) is 6.04 Å². The Morgan fingerprint density at radius 1 is 0.939 bits per heavy atom. The summed E-state index contributed by atoms with van der Waals surface area (Å²) in [5.74, 6) is 0. The zero-order chi connectivity index (χ0) is 23.8. The summed E-state index contributed by atoms with van der Waals surface area (Å²) in [4.78, 5) is 0.362. The Morgan fingerprint density at radius 3 is 2.27 bits per heavy atom. The average molecular weight is 463 g/mol. The third kappa shape index (κ3) is 4.79. The molecule has 0 bridgehead atoms. The van der Waals surface area contributed by atoms with Gasteiger partial charge in [-0.15, -0.1) is 0 Å². The Kier molecular flexibility index (Phi) is 6.28. The van der Waals surface area contributed by atoms with Gasteiger partial charge in [0, 0.05) is 23.7 Å². The van der Waals surface area contributed by atoms with Crippen molar-refractivity contribution in [3.05, 3.63) is 83.0 Å². The molecule has 6 nitrogen and oxygen atoms in total. The minimum Gasteiger partial charge on any atom is -0.383 e. The molecule has 0 spiro atoms. The van der Waals surface area contributed by atoms with Crippen molar-refractivity contribution in [1.82, 2.24) is 14.5 Å². The van der Waals surface area contributed by atoms with E-state index in [2.05, 4.69) is 34.2 Å². The van der Waals surface area contributed by atoms with Crippen LogP contribution in [0.3, 0.4) is 0 Å². The van der Waals surface area contributed by atoms with Crippen molar-refractivity contribution in [2.45, 2.75) is 45.6 Å². The van der Waals surface area contributed by atoms with E-state index in [1.54, 1.807) is 0 Å². The highest BCUT2D eigenvalue weighted by molar-refractivity contribution is 7.89. The fraction of sp³-hybridized carbons (Fsp3) is 0.269. The Morgan fingerprint density at radius 2 is 1.61 bits per heavy atom. The SMILES string of the molecule is Cc1ccc(-n2ncc3c(NC[C@H](C)NS(=O)(=O)c4c(C)cc(C)cc4C)cccc32)cc1. The van der Waals surface area contributed by atoms with Gasteiger partial charge in [-0.1, -0.05) is 41.5 Å². The summed E-state index contributed by atoms with van der Waals surface area (Å²) in [5, 5.41) is 8.95. The highest BCUT2D eigenvalue weighted by atomic mass is 32.2. The molecular formula is C26H30N4O2S. The van der Waals surface area contributed by atoms with E-state index >= 15 is 0 Å². The minimum absolute atomic E-state index is 0.308. The molecule has 0 aliphatic carbocycles. The predicted molar refractivity (Wildman–Crippen MR) is 135 cm³/mol. The zero-order valence-electron chi connectivity index (χ0n) is 19.7. The van der Waals surface area contributed by atoms with Crippen LogP contribution in [-0.4, -0.2) is 30.8 Å². The van der Waals surface area contributed by atoms with Gasteiger partial charge in [-0.2, -0.15) is 5.10 Å². The molecule has 172 valence electrons. The number of aromatic nitrogens is 2. The highest BCUT2D eigenvalue weighted by Gasteiger charge is 2.22. The average Bonchev–Trinajstić information content (AvgIpc) is 3.16. The molecule has 0 radical (unpaired) electrons. The number of hydrogen-bond acceptors (Lipinski definition) is 4. The number of sulfonamides is 1. The van der Waals surface area contributed by atoms with E-state index in [0.29, 0.717) is 11.4 Å². The number of benzene rings is 3. The van der Waals surface area contributed by atoms with Crippen molar-refractivity contribution in [2.75, 3.05) is 11.9 Å². The van der Waals surface area contributed by atoms with Crippen molar-refractivity contribution >= 4 is 26.6 Å². The van der Waals surface area contributed by atoms with Gasteiger partial charge in [0.2, 0.25) is 10.0 Å². The molecule has 0 saturated heterocycles. The summed E-state index contributed by atoms with van der Waals surface area (Å²) in [6.45, 7) is 10.0. The number of fused-ring (bicyclic) bond motifs is 1. The largest absolute Gasteiger partial charge is 0.383 e. The second-order valence-corrected chi connectivity index (χ2v) is 10.4. The van der Waals surface area contributed by atoms with Gasteiger partial charge in [0.25, 0.3) is 0 Å². The molecular weight excluding hydrogens is 432 g/mol. The maximum absolute atomic E-state index is 13.1. The van der Waals surface area contributed by atoms with Crippen LogP contribution in [0, 0.1) is 27.7 Å². The Bertz CT molecular complexity index is 1380. The maximum atomic E-state index is 13.1. The van der Waals surface area contributed by atoms with Gasteiger partial charge in [0.1, 0.15) is 0 Å². The van der Waals surface area contributed by atoms with Gasteiger partial charge >= 0.3 is 0 Å². The van der Waals surface area contributed by atoms with E-state index < -0.39 is 10.0 Å². The maximum Gasteiger partial charge on any atom is 0.241 e. The first kappa shape index (κ1) is 23.0. The number of nitrogens with zero attached hydrogens (tertiary/aromatic N) is 2. The molecule has 7 heteroatoms. The lowest BCUT2D eigenvalue weighted by molar-refractivity contribution is 0.564. The van der Waals surface area contributed by atoms with E-state index in [1.807, 2.05) is 81.0 Å². The monoisotopic (exact) mass is 462 g/mol.